The molecule has 5 rings (SSSR count). The molecule has 1 aromatic heterocycles. The van der Waals surface area contributed by atoms with Crippen LogP contribution >= 0.6 is 24.0 Å². The van der Waals surface area contributed by atoms with Gasteiger partial charge in [0.25, 0.3) is 0 Å². The van der Waals surface area contributed by atoms with E-state index in [2.05, 4.69) is 0 Å². The normalized spacial score (nSPS) is 13.0. The molecule has 0 unspecified atom stereocenters. The maximum atomic E-state index is 13.9. The number of aromatic nitrogens is 1. The van der Waals surface area contributed by atoms with Crippen LogP contribution in [-0.2, 0) is 24.1 Å². The highest BCUT2D eigenvalue weighted by Gasteiger charge is 2.38. The molecule has 0 spiro atoms. The molecule has 10 heteroatoms. The Balaban J connectivity index is 0.00000480. The smallest absolute Gasteiger partial charge is 0.417 e. The quantitative estimate of drug-likeness (QED) is 0.134. The minimum Gasteiger partial charge on any atom is -0.480 e. The van der Waals surface area contributed by atoms with Gasteiger partial charge in [0.05, 0.1) is 16.1 Å². The van der Waals surface area contributed by atoms with Crippen molar-refractivity contribution in [3.8, 4) is 5.75 Å². The molecule has 0 aliphatic carbocycles. The summed E-state index contributed by atoms with van der Waals surface area (Å²) in [6.07, 6.45) is -2.42. The van der Waals surface area contributed by atoms with E-state index < -0.39 is 23.4 Å². The first kappa shape index (κ1) is 34.9. The minimum atomic E-state index is -4.60. The first-order valence-corrected chi connectivity index (χ1v) is 15.1. The van der Waals surface area contributed by atoms with Gasteiger partial charge in [-0.05, 0) is 54.3 Å². The zero-order valence-corrected chi connectivity index (χ0v) is 26.9. The van der Waals surface area contributed by atoms with Crippen molar-refractivity contribution in [1.29, 1.82) is 0 Å². The Labute approximate surface area is 277 Å². The Morgan fingerprint density at radius 3 is 2.09 bits per heavy atom. The SMILES string of the molecule is CC[C@@](C)(Oc1cccc2c1ccn2CC(=O)O)N(Cc1cccc(C(F)(F)F)c1Cl)CC(c1ccccc1)c1ccccc1.Cl. The van der Waals surface area contributed by atoms with Crippen molar-refractivity contribution in [1.82, 2.24) is 9.47 Å². The van der Waals surface area contributed by atoms with Crippen LogP contribution in [-0.4, -0.2) is 32.8 Å². The number of halogens is 5. The van der Waals surface area contributed by atoms with Crippen LogP contribution in [0.25, 0.3) is 10.9 Å². The van der Waals surface area contributed by atoms with E-state index in [1.807, 2.05) is 97.6 Å². The number of carbonyl (C=O) groups is 1. The predicted molar refractivity (Wildman–Crippen MR) is 178 cm³/mol. The van der Waals surface area contributed by atoms with Gasteiger partial charge >= 0.3 is 12.1 Å². The van der Waals surface area contributed by atoms with Crippen LogP contribution in [0.4, 0.5) is 13.2 Å². The summed E-state index contributed by atoms with van der Waals surface area (Å²) in [6.45, 7) is 4.18. The van der Waals surface area contributed by atoms with Gasteiger partial charge in [0.1, 0.15) is 12.3 Å². The average Bonchev–Trinajstić information content (AvgIpc) is 3.43. The second-order valence-corrected chi connectivity index (χ2v) is 11.6. The molecule has 242 valence electrons. The fourth-order valence-corrected chi connectivity index (χ4v) is 6.00. The minimum absolute atomic E-state index is 0. The standard InChI is InChI=1S/C36H34ClF3N2O3.ClH/c1-3-35(2,45-32-19-11-18-31-28(32)20-21-41(31)24-33(43)44)42(22-27-16-10-17-30(34(27)37)36(38,39)40)23-29(25-12-6-4-7-13-25)26-14-8-5-9-15-26;/h4-21,29H,3,22-24H2,1-2H3,(H,43,44);1H/t35-;/m1./s1. The maximum Gasteiger partial charge on any atom is 0.417 e. The number of carboxylic acids is 1. The van der Waals surface area contributed by atoms with Crippen LogP contribution in [0.2, 0.25) is 5.02 Å². The lowest BCUT2D eigenvalue weighted by molar-refractivity contribution is -0.138. The third-order valence-corrected chi connectivity index (χ3v) is 8.73. The van der Waals surface area contributed by atoms with Crippen LogP contribution in [0.5, 0.6) is 5.75 Å². The van der Waals surface area contributed by atoms with Crippen molar-refractivity contribution >= 4 is 40.9 Å². The van der Waals surface area contributed by atoms with Crippen molar-refractivity contribution in [2.75, 3.05) is 6.54 Å². The number of ether oxygens (including phenoxy) is 1. The zero-order valence-electron chi connectivity index (χ0n) is 25.4. The lowest BCUT2D eigenvalue weighted by atomic mass is 9.89. The molecule has 0 amide bonds. The number of nitrogens with zero attached hydrogens (tertiary/aromatic N) is 2. The second kappa shape index (κ2) is 14.6. The third kappa shape index (κ3) is 7.69. The highest BCUT2D eigenvalue weighted by Crippen LogP contribution is 2.39. The molecule has 1 N–H and O–H groups in total. The van der Waals surface area contributed by atoms with Gasteiger partial charge in [-0.3, -0.25) is 9.69 Å². The van der Waals surface area contributed by atoms with E-state index in [-0.39, 0.29) is 36.4 Å². The summed E-state index contributed by atoms with van der Waals surface area (Å²) >= 11 is 6.45. The molecule has 0 aliphatic rings. The lowest BCUT2D eigenvalue weighted by Crippen LogP contribution is -2.51. The molecule has 0 fully saturated rings. The van der Waals surface area contributed by atoms with Gasteiger partial charge in [0, 0.05) is 30.6 Å². The van der Waals surface area contributed by atoms with Crippen molar-refractivity contribution in [2.45, 2.75) is 51.2 Å². The molecule has 0 radical (unpaired) electrons. The first-order chi connectivity index (χ1) is 21.5. The molecule has 1 atom stereocenters. The van der Waals surface area contributed by atoms with Gasteiger partial charge in [0.2, 0.25) is 0 Å². The Bertz CT molecular complexity index is 1720. The summed E-state index contributed by atoms with van der Waals surface area (Å²) in [4.78, 5) is 13.5. The van der Waals surface area contributed by atoms with Gasteiger partial charge in [-0.15, -0.1) is 12.4 Å². The Kier molecular flexibility index (Phi) is 11.1. The molecule has 0 saturated carbocycles. The van der Waals surface area contributed by atoms with Crippen LogP contribution in [0.3, 0.4) is 0 Å². The second-order valence-electron chi connectivity index (χ2n) is 11.2. The molecule has 0 saturated heterocycles. The third-order valence-electron chi connectivity index (χ3n) is 8.29. The van der Waals surface area contributed by atoms with E-state index in [4.69, 9.17) is 16.3 Å². The van der Waals surface area contributed by atoms with Gasteiger partial charge < -0.3 is 14.4 Å². The van der Waals surface area contributed by atoms with Crippen LogP contribution in [0.15, 0.2) is 109 Å². The largest absolute Gasteiger partial charge is 0.480 e. The summed E-state index contributed by atoms with van der Waals surface area (Å²) in [5.41, 5.74) is 1.24. The molecule has 46 heavy (non-hydrogen) atoms. The number of carboxylic acid groups (broad SMARTS) is 1. The number of alkyl halides is 3. The molecular formula is C36H35Cl2F3N2O3. The van der Waals surface area contributed by atoms with E-state index in [0.29, 0.717) is 29.8 Å². The summed E-state index contributed by atoms with van der Waals surface area (Å²) < 4.78 is 50.1. The number of fused-ring (bicyclic) bond motifs is 1. The summed E-state index contributed by atoms with van der Waals surface area (Å²) in [5.74, 6) is -0.565. The van der Waals surface area contributed by atoms with Crippen LogP contribution in [0.1, 0.15) is 48.4 Å². The van der Waals surface area contributed by atoms with Crippen molar-refractivity contribution in [2.24, 2.45) is 0 Å². The molecule has 1 heterocycles. The lowest BCUT2D eigenvalue weighted by Gasteiger charge is -2.43. The number of hydrogen-bond donors (Lipinski definition) is 1. The number of hydrogen-bond acceptors (Lipinski definition) is 3. The highest BCUT2D eigenvalue weighted by atomic mass is 35.5. The van der Waals surface area contributed by atoms with Gasteiger partial charge in [-0.2, -0.15) is 13.2 Å². The number of aliphatic carboxylic acids is 1. The molecular weight excluding hydrogens is 636 g/mol. The van der Waals surface area contributed by atoms with Gasteiger partial charge in [-0.25, -0.2) is 0 Å². The summed E-state index contributed by atoms with van der Waals surface area (Å²) in [7, 11) is 0. The Morgan fingerprint density at radius 2 is 1.52 bits per heavy atom. The fourth-order valence-electron chi connectivity index (χ4n) is 5.71. The monoisotopic (exact) mass is 670 g/mol. The summed E-state index contributed by atoms with van der Waals surface area (Å²) in [5, 5.41) is 9.77. The average molecular weight is 672 g/mol. The Morgan fingerprint density at radius 1 is 0.913 bits per heavy atom. The molecule has 5 aromatic rings. The zero-order chi connectivity index (χ0) is 32.2. The van der Waals surface area contributed by atoms with E-state index in [1.54, 1.807) is 22.9 Å². The van der Waals surface area contributed by atoms with E-state index in [9.17, 15) is 23.1 Å². The predicted octanol–water partition coefficient (Wildman–Crippen LogP) is 9.66. The maximum absolute atomic E-state index is 13.9. The molecule has 4 aromatic carbocycles. The first-order valence-electron chi connectivity index (χ1n) is 14.7. The molecule has 0 bridgehead atoms. The van der Waals surface area contributed by atoms with E-state index in [1.165, 1.54) is 6.07 Å². The van der Waals surface area contributed by atoms with Gasteiger partial charge in [0.15, 0.2) is 5.72 Å². The fraction of sp³-hybridized carbons (Fsp3) is 0.250. The van der Waals surface area contributed by atoms with E-state index in [0.717, 1.165) is 22.6 Å². The number of rotatable bonds is 12. The molecule has 0 aliphatic heterocycles. The summed E-state index contributed by atoms with van der Waals surface area (Å²) in [6, 6.07) is 31.2. The Hall–Kier alpha value is -3.98. The van der Waals surface area contributed by atoms with Crippen LogP contribution < -0.4 is 4.74 Å². The van der Waals surface area contributed by atoms with Crippen molar-refractivity contribution in [3.63, 3.8) is 0 Å². The van der Waals surface area contributed by atoms with Crippen molar-refractivity contribution in [3.05, 3.63) is 137 Å². The van der Waals surface area contributed by atoms with Crippen molar-refractivity contribution < 1.29 is 27.8 Å². The topological polar surface area (TPSA) is 54.7 Å². The van der Waals surface area contributed by atoms with Gasteiger partial charge in [-0.1, -0.05) is 97.4 Å². The number of benzene rings is 4. The highest BCUT2D eigenvalue weighted by molar-refractivity contribution is 6.32. The molecule has 5 nitrogen and oxygen atoms in total. The van der Waals surface area contributed by atoms with E-state index >= 15 is 0 Å². The van der Waals surface area contributed by atoms with Crippen LogP contribution in [0, 0.1) is 0 Å².